The standard InChI is InChI=1S/C7H11N3S/c1-2-11-5-6(1)10-7-3-8-9-4-7/h3-4,6,10H,1-2,5H2,(H,8,9). The van der Waals surface area contributed by atoms with Gasteiger partial charge >= 0.3 is 0 Å². The van der Waals surface area contributed by atoms with Crippen LogP contribution < -0.4 is 5.32 Å². The minimum Gasteiger partial charge on any atom is -0.379 e. The van der Waals surface area contributed by atoms with Crippen LogP contribution in [0.25, 0.3) is 0 Å². The highest BCUT2D eigenvalue weighted by molar-refractivity contribution is 7.99. The van der Waals surface area contributed by atoms with E-state index < -0.39 is 0 Å². The number of nitrogens with zero attached hydrogens (tertiary/aromatic N) is 1. The Kier molecular flexibility index (Phi) is 2.03. The Balaban J connectivity index is 1.90. The van der Waals surface area contributed by atoms with Crippen molar-refractivity contribution in [2.75, 3.05) is 16.8 Å². The lowest BCUT2D eigenvalue weighted by Crippen LogP contribution is -2.17. The first kappa shape index (κ1) is 7.03. The molecular weight excluding hydrogens is 158 g/mol. The van der Waals surface area contributed by atoms with Gasteiger partial charge in [0.15, 0.2) is 0 Å². The summed E-state index contributed by atoms with van der Waals surface area (Å²) in [5.41, 5.74) is 1.11. The summed E-state index contributed by atoms with van der Waals surface area (Å²) in [6, 6.07) is 0.651. The van der Waals surface area contributed by atoms with Crippen molar-refractivity contribution in [3.05, 3.63) is 12.4 Å². The van der Waals surface area contributed by atoms with Crippen molar-refractivity contribution in [1.29, 1.82) is 0 Å². The van der Waals surface area contributed by atoms with Gasteiger partial charge in [0.2, 0.25) is 0 Å². The molecule has 1 aromatic heterocycles. The van der Waals surface area contributed by atoms with Crippen LogP contribution >= 0.6 is 11.8 Å². The molecular formula is C7H11N3S. The predicted molar refractivity (Wildman–Crippen MR) is 47.9 cm³/mol. The number of aromatic nitrogens is 2. The van der Waals surface area contributed by atoms with Crippen molar-refractivity contribution in [3.8, 4) is 0 Å². The number of nitrogens with one attached hydrogen (secondary N) is 2. The second-order valence-corrected chi connectivity index (χ2v) is 3.84. The average Bonchev–Trinajstić information content (AvgIpc) is 2.60. The van der Waals surface area contributed by atoms with Gasteiger partial charge in [0.05, 0.1) is 11.9 Å². The van der Waals surface area contributed by atoms with Crippen LogP contribution in [-0.4, -0.2) is 27.7 Å². The molecule has 60 valence electrons. The molecule has 1 atom stereocenters. The van der Waals surface area contributed by atoms with Crippen molar-refractivity contribution in [1.82, 2.24) is 10.2 Å². The van der Waals surface area contributed by atoms with Crippen LogP contribution in [0.4, 0.5) is 5.69 Å². The number of rotatable bonds is 2. The molecule has 11 heavy (non-hydrogen) atoms. The lowest BCUT2D eigenvalue weighted by atomic mass is 10.2. The van der Waals surface area contributed by atoms with Gasteiger partial charge in [-0.15, -0.1) is 0 Å². The fourth-order valence-corrected chi connectivity index (χ4v) is 2.37. The Morgan fingerprint density at radius 3 is 3.36 bits per heavy atom. The van der Waals surface area contributed by atoms with Gasteiger partial charge in [0.25, 0.3) is 0 Å². The zero-order valence-electron chi connectivity index (χ0n) is 6.21. The van der Waals surface area contributed by atoms with Crippen LogP contribution in [0.5, 0.6) is 0 Å². The Hall–Kier alpha value is -0.640. The minimum absolute atomic E-state index is 0.651. The Morgan fingerprint density at radius 2 is 2.73 bits per heavy atom. The van der Waals surface area contributed by atoms with E-state index in [0.29, 0.717) is 6.04 Å². The maximum absolute atomic E-state index is 3.87. The number of hydrogen-bond acceptors (Lipinski definition) is 3. The fourth-order valence-electron chi connectivity index (χ4n) is 1.21. The molecule has 1 aliphatic heterocycles. The van der Waals surface area contributed by atoms with Crippen molar-refractivity contribution < 1.29 is 0 Å². The second-order valence-electron chi connectivity index (χ2n) is 2.69. The summed E-state index contributed by atoms with van der Waals surface area (Å²) in [6.45, 7) is 0. The second kappa shape index (κ2) is 3.17. The molecule has 1 aromatic rings. The van der Waals surface area contributed by atoms with Gasteiger partial charge < -0.3 is 5.32 Å². The predicted octanol–water partition coefficient (Wildman–Crippen LogP) is 1.33. The van der Waals surface area contributed by atoms with E-state index in [2.05, 4.69) is 15.5 Å². The molecule has 0 amide bonds. The number of H-pyrrole nitrogens is 1. The van der Waals surface area contributed by atoms with E-state index in [4.69, 9.17) is 0 Å². The molecule has 2 heterocycles. The average molecular weight is 169 g/mol. The van der Waals surface area contributed by atoms with Crippen LogP contribution in [0, 0.1) is 0 Å². The van der Waals surface area contributed by atoms with Gasteiger partial charge in [-0.2, -0.15) is 16.9 Å². The molecule has 1 fully saturated rings. The molecule has 1 aliphatic rings. The highest BCUT2D eigenvalue weighted by Crippen LogP contribution is 2.20. The highest BCUT2D eigenvalue weighted by Gasteiger charge is 2.14. The fraction of sp³-hybridized carbons (Fsp3) is 0.571. The van der Waals surface area contributed by atoms with Crippen LogP contribution in [0.2, 0.25) is 0 Å². The first-order valence-corrected chi connectivity index (χ1v) is 4.94. The number of thioether (sulfide) groups is 1. The van der Waals surface area contributed by atoms with E-state index >= 15 is 0 Å². The minimum atomic E-state index is 0.651. The monoisotopic (exact) mass is 169 g/mol. The zero-order valence-corrected chi connectivity index (χ0v) is 7.03. The van der Waals surface area contributed by atoms with Gasteiger partial charge in [0, 0.05) is 18.0 Å². The third-order valence-electron chi connectivity index (χ3n) is 1.80. The van der Waals surface area contributed by atoms with E-state index in [1.54, 1.807) is 0 Å². The van der Waals surface area contributed by atoms with E-state index in [1.165, 1.54) is 17.9 Å². The van der Waals surface area contributed by atoms with Crippen molar-refractivity contribution in [3.63, 3.8) is 0 Å². The molecule has 0 aliphatic carbocycles. The summed E-state index contributed by atoms with van der Waals surface area (Å²) >= 11 is 2.01. The van der Waals surface area contributed by atoms with Gasteiger partial charge in [-0.3, -0.25) is 5.10 Å². The summed E-state index contributed by atoms with van der Waals surface area (Å²) in [5, 5.41) is 10.1. The number of aromatic amines is 1. The van der Waals surface area contributed by atoms with Gasteiger partial charge in [0.1, 0.15) is 0 Å². The highest BCUT2D eigenvalue weighted by atomic mass is 32.2. The van der Waals surface area contributed by atoms with E-state index in [9.17, 15) is 0 Å². The third-order valence-corrected chi connectivity index (χ3v) is 2.96. The Bertz CT molecular complexity index is 203. The molecule has 0 bridgehead atoms. The maximum Gasteiger partial charge on any atom is 0.0726 e. The molecule has 1 saturated heterocycles. The van der Waals surface area contributed by atoms with Crippen molar-refractivity contribution >= 4 is 17.4 Å². The molecule has 1 unspecified atom stereocenters. The maximum atomic E-state index is 3.87. The van der Waals surface area contributed by atoms with Crippen LogP contribution in [0.15, 0.2) is 12.4 Å². The molecule has 3 nitrogen and oxygen atoms in total. The van der Waals surface area contributed by atoms with E-state index in [1.807, 2.05) is 24.2 Å². The summed E-state index contributed by atoms with van der Waals surface area (Å²) in [7, 11) is 0. The van der Waals surface area contributed by atoms with Crippen LogP contribution in [0.1, 0.15) is 6.42 Å². The summed E-state index contributed by atoms with van der Waals surface area (Å²) in [4.78, 5) is 0. The Morgan fingerprint density at radius 1 is 1.73 bits per heavy atom. The Labute approximate surface area is 70.0 Å². The topological polar surface area (TPSA) is 40.7 Å². The van der Waals surface area contributed by atoms with Crippen LogP contribution in [-0.2, 0) is 0 Å². The largest absolute Gasteiger partial charge is 0.379 e. The molecule has 0 saturated carbocycles. The van der Waals surface area contributed by atoms with Gasteiger partial charge in [-0.05, 0) is 12.2 Å². The van der Waals surface area contributed by atoms with E-state index in [0.717, 1.165) is 5.69 Å². The smallest absolute Gasteiger partial charge is 0.0726 e. The van der Waals surface area contributed by atoms with Gasteiger partial charge in [-0.25, -0.2) is 0 Å². The first-order chi connectivity index (χ1) is 5.45. The first-order valence-electron chi connectivity index (χ1n) is 3.78. The lowest BCUT2D eigenvalue weighted by molar-refractivity contribution is 0.813. The molecule has 4 heteroatoms. The number of hydrogen-bond donors (Lipinski definition) is 2. The van der Waals surface area contributed by atoms with Crippen molar-refractivity contribution in [2.45, 2.75) is 12.5 Å². The summed E-state index contributed by atoms with van der Waals surface area (Å²) in [6.07, 6.45) is 4.99. The molecule has 2 rings (SSSR count). The summed E-state index contributed by atoms with van der Waals surface area (Å²) < 4.78 is 0. The lowest BCUT2D eigenvalue weighted by Gasteiger charge is -2.09. The summed E-state index contributed by atoms with van der Waals surface area (Å²) in [5.74, 6) is 2.51. The van der Waals surface area contributed by atoms with Gasteiger partial charge in [-0.1, -0.05) is 0 Å². The molecule has 2 N–H and O–H groups in total. The quantitative estimate of drug-likeness (QED) is 0.701. The zero-order chi connectivity index (χ0) is 7.52. The molecule has 0 aromatic carbocycles. The third kappa shape index (κ3) is 1.68. The number of anilines is 1. The van der Waals surface area contributed by atoms with Crippen molar-refractivity contribution in [2.24, 2.45) is 0 Å². The van der Waals surface area contributed by atoms with E-state index in [-0.39, 0.29) is 0 Å². The molecule has 0 radical (unpaired) electrons. The normalized spacial score (nSPS) is 23.8. The molecule has 0 spiro atoms. The SMILES string of the molecule is c1n[nH]cc1NC1CCSC1. The van der Waals surface area contributed by atoms with Crippen LogP contribution in [0.3, 0.4) is 0 Å².